The number of nitrogens with one attached hydrogen (secondary N) is 1. The molecule has 5 nitrogen and oxygen atoms in total. The maximum atomic E-state index is 13.6. The van der Waals surface area contributed by atoms with E-state index in [0.29, 0.717) is 42.4 Å². The van der Waals surface area contributed by atoms with Gasteiger partial charge in [0.2, 0.25) is 5.89 Å². The molecule has 0 atom stereocenters. The first-order valence-electron chi connectivity index (χ1n) is 5.87. The van der Waals surface area contributed by atoms with Crippen LogP contribution in [0.4, 0.5) is 4.39 Å². The smallest absolute Gasteiger partial charge is 0.227 e. The van der Waals surface area contributed by atoms with Crippen molar-refractivity contribution in [3.8, 4) is 6.07 Å². The molecular weight excluding hydrogens is 247 g/mol. The number of aryl methyl sites for hydroxylation is 1. The molecule has 0 amide bonds. The van der Waals surface area contributed by atoms with Crippen molar-refractivity contribution in [1.29, 1.82) is 5.26 Å². The van der Waals surface area contributed by atoms with Crippen LogP contribution in [0.2, 0.25) is 0 Å². The van der Waals surface area contributed by atoms with Crippen molar-refractivity contribution in [2.45, 2.75) is 19.9 Å². The van der Waals surface area contributed by atoms with Crippen LogP contribution in [0.5, 0.6) is 0 Å². The molecule has 0 aliphatic rings. The van der Waals surface area contributed by atoms with Gasteiger partial charge in [-0.2, -0.15) is 10.2 Å². The molecule has 2 aromatic rings. The van der Waals surface area contributed by atoms with E-state index in [0.717, 1.165) is 0 Å². The van der Waals surface area contributed by atoms with Gasteiger partial charge in [0.15, 0.2) is 5.82 Å². The summed E-state index contributed by atoms with van der Waals surface area (Å²) in [7, 11) is 0. The summed E-state index contributed by atoms with van der Waals surface area (Å²) in [6.07, 6.45) is 0.596. The first kappa shape index (κ1) is 13.2. The molecule has 0 saturated carbocycles. The fraction of sp³-hybridized carbons (Fsp3) is 0.308. The first-order valence-corrected chi connectivity index (χ1v) is 5.87. The van der Waals surface area contributed by atoms with Gasteiger partial charge in [0.1, 0.15) is 5.82 Å². The lowest BCUT2D eigenvalue weighted by molar-refractivity contribution is 0.372. The molecule has 0 aliphatic carbocycles. The zero-order valence-corrected chi connectivity index (χ0v) is 10.5. The van der Waals surface area contributed by atoms with Gasteiger partial charge in [-0.05, 0) is 19.1 Å². The monoisotopic (exact) mass is 260 g/mol. The van der Waals surface area contributed by atoms with E-state index in [1.54, 1.807) is 19.1 Å². The molecule has 2 rings (SSSR count). The second-order valence-electron chi connectivity index (χ2n) is 4.08. The zero-order valence-electron chi connectivity index (χ0n) is 10.5. The van der Waals surface area contributed by atoms with Crippen LogP contribution in [-0.4, -0.2) is 16.7 Å². The molecule has 1 aromatic carbocycles. The topological polar surface area (TPSA) is 74.7 Å². The Morgan fingerprint density at radius 3 is 2.95 bits per heavy atom. The number of nitrogens with zero attached hydrogens (tertiary/aromatic N) is 3. The number of aromatic nitrogens is 2. The van der Waals surface area contributed by atoms with E-state index in [9.17, 15) is 4.39 Å². The summed E-state index contributed by atoms with van der Waals surface area (Å²) >= 11 is 0. The highest BCUT2D eigenvalue weighted by molar-refractivity contribution is 5.32. The summed E-state index contributed by atoms with van der Waals surface area (Å²) in [5.74, 6) is 0.790. The lowest BCUT2D eigenvalue weighted by atomic mass is 10.1. The third kappa shape index (κ3) is 3.60. The number of hydrogen-bond acceptors (Lipinski definition) is 5. The molecule has 1 heterocycles. The Morgan fingerprint density at radius 1 is 1.47 bits per heavy atom. The van der Waals surface area contributed by atoms with Crippen LogP contribution in [0.3, 0.4) is 0 Å². The Labute approximate surface area is 110 Å². The lowest BCUT2D eigenvalue weighted by Gasteiger charge is -2.04. The molecule has 6 heteroatoms. The third-order valence-electron chi connectivity index (χ3n) is 2.58. The molecule has 0 radical (unpaired) electrons. The van der Waals surface area contributed by atoms with E-state index in [1.165, 1.54) is 6.07 Å². The van der Waals surface area contributed by atoms with Crippen LogP contribution in [0.25, 0.3) is 0 Å². The molecule has 1 aromatic heterocycles. The highest BCUT2D eigenvalue weighted by Crippen LogP contribution is 2.09. The van der Waals surface area contributed by atoms with Crippen LogP contribution in [0.15, 0.2) is 22.7 Å². The molecule has 0 aliphatic heterocycles. The van der Waals surface area contributed by atoms with Crippen molar-refractivity contribution in [3.63, 3.8) is 0 Å². The molecule has 0 saturated heterocycles. The number of benzene rings is 1. The summed E-state index contributed by atoms with van der Waals surface area (Å²) in [6, 6.07) is 6.34. The van der Waals surface area contributed by atoms with Crippen LogP contribution in [-0.2, 0) is 13.0 Å². The molecule has 0 spiro atoms. The molecule has 0 unspecified atom stereocenters. The van der Waals surface area contributed by atoms with E-state index in [4.69, 9.17) is 9.78 Å². The Balaban J connectivity index is 1.81. The van der Waals surface area contributed by atoms with Gasteiger partial charge in [-0.3, -0.25) is 0 Å². The molecule has 0 fully saturated rings. The van der Waals surface area contributed by atoms with Crippen LogP contribution < -0.4 is 5.32 Å². The number of hydrogen-bond donors (Lipinski definition) is 1. The number of nitriles is 1. The van der Waals surface area contributed by atoms with Gasteiger partial charge in [-0.25, -0.2) is 4.39 Å². The van der Waals surface area contributed by atoms with Crippen LogP contribution in [0.1, 0.15) is 22.8 Å². The van der Waals surface area contributed by atoms with E-state index >= 15 is 0 Å². The standard InChI is InChI=1S/C13H13FN4O/c1-9-17-13(19-18-9)4-5-16-8-11-3-2-10(7-15)6-12(11)14/h2-3,6,16H,4-5,8H2,1H3. The summed E-state index contributed by atoms with van der Waals surface area (Å²) in [6.45, 7) is 2.76. The normalized spacial score (nSPS) is 10.4. The third-order valence-corrected chi connectivity index (χ3v) is 2.58. The van der Waals surface area contributed by atoms with Gasteiger partial charge in [0.05, 0.1) is 11.6 Å². The van der Waals surface area contributed by atoms with Crippen molar-refractivity contribution in [2.24, 2.45) is 0 Å². The van der Waals surface area contributed by atoms with Gasteiger partial charge in [-0.1, -0.05) is 11.2 Å². The second kappa shape index (κ2) is 6.07. The minimum Gasteiger partial charge on any atom is -0.339 e. The summed E-state index contributed by atoms with van der Waals surface area (Å²) < 4.78 is 18.5. The van der Waals surface area contributed by atoms with Gasteiger partial charge < -0.3 is 9.84 Å². The average Bonchev–Trinajstić information content (AvgIpc) is 2.82. The Kier molecular flexibility index (Phi) is 4.21. The van der Waals surface area contributed by atoms with Crippen molar-refractivity contribution in [2.75, 3.05) is 6.54 Å². The van der Waals surface area contributed by atoms with Crippen LogP contribution >= 0.6 is 0 Å². The highest BCUT2D eigenvalue weighted by Gasteiger charge is 2.04. The zero-order chi connectivity index (χ0) is 13.7. The Morgan fingerprint density at radius 2 is 2.32 bits per heavy atom. The Bertz CT molecular complexity index is 603. The van der Waals surface area contributed by atoms with E-state index in [1.807, 2.05) is 6.07 Å². The minimum absolute atomic E-state index is 0.322. The van der Waals surface area contributed by atoms with Gasteiger partial charge in [0, 0.05) is 25.1 Å². The van der Waals surface area contributed by atoms with Crippen molar-refractivity contribution >= 4 is 0 Å². The van der Waals surface area contributed by atoms with E-state index in [-0.39, 0.29) is 5.82 Å². The Hall–Kier alpha value is -2.26. The van der Waals surface area contributed by atoms with Gasteiger partial charge in [0.25, 0.3) is 0 Å². The SMILES string of the molecule is Cc1noc(CCNCc2ccc(C#N)cc2F)n1. The lowest BCUT2D eigenvalue weighted by Crippen LogP contribution is -2.17. The van der Waals surface area contributed by atoms with Crippen molar-refractivity contribution in [1.82, 2.24) is 15.5 Å². The van der Waals surface area contributed by atoms with E-state index in [2.05, 4.69) is 15.5 Å². The largest absolute Gasteiger partial charge is 0.339 e. The molecule has 1 N–H and O–H groups in total. The molecular formula is C13H13FN4O. The summed E-state index contributed by atoms with van der Waals surface area (Å²) in [4.78, 5) is 4.07. The van der Waals surface area contributed by atoms with Gasteiger partial charge >= 0.3 is 0 Å². The van der Waals surface area contributed by atoms with Crippen molar-refractivity contribution < 1.29 is 8.91 Å². The highest BCUT2D eigenvalue weighted by atomic mass is 19.1. The predicted molar refractivity (Wildman–Crippen MR) is 65.6 cm³/mol. The molecule has 19 heavy (non-hydrogen) atoms. The predicted octanol–water partition coefficient (Wildman–Crippen LogP) is 1.72. The number of halogens is 1. The fourth-order valence-corrected chi connectivity index (χ4v) is 1.62. The number of rotatable bonds is 5. The van der Waals surface area contributed by atoms with E-state index < -0.39 is 0 Å². The van der Waals surface area contributed by atoms with Gasteiger partial charge in [-0.15, -0.1) is 0 Å². The molecule has 0 bridgehead atoms. The summed E-state index contributed by atoms with van der Waals surface area (Å²) in [5.41, 5.74) is 0.850. The summed E-state index contributed by atoms with van der Waals surface area (Å²) in [5, 5.41) is 15.4. The fourth-order valence-electron chi connectivity index (χ4n) is 1.62. The quantitative estimate of drug-likeness (QED) is 0.828. The maximum Gasteiger partial charge on any atom is 0.227 e. The first-order chi connectivity index (χ1) is 9.19. The maximum absolute atomic E-state index is 13.6. The average molecular weight is 260 g/mol. The molecule has 98 valence electrons. The van der Waals surface area contributed by atoms with Crippen molar-refractivity contribution in [3.05, 3.63) is 46.9 Å². The minimum atomic E-state index is -0.375. The van der Waals surface area contributed by atoms with Crippen LogP contribution in [0, 0.1) is 24.1 Å². The second-order valence-corrected chi connectivity index (χ2v) is 4.08.